The van der Waals surface area contributed by atoms with E-state index in [2.05, 4.69) is 72.3 Å². The molecule has 0 aliphatic heterocycles. The Morgan fingerprint density at radius 2 is 0.831 bits per heavy atom. The molecular weight excluding hydrogens is 770 g/mol. The van der Waals surface area contributed by atoms with Crippen LogP contribution in [0.15, 0.2) is 24.3 Å². The molecular formula is C50H57F3O5S. The van der Waals surface area contributed by atoms with E-state index in [9.17, 15) is 31.8 Å². The molecule has 0 fully saturated rings. The highest BCUT2D eigenvalue weighted by Crippen LogP contribution is 2.39. The Labute approximate surface area is 350 Å². The monoisotopic (exact) mass is 826 g/mol. The number of phenols is 2. The third kappa shape index (κ3) is 12.4. The molecule has 0 saturated heterocycles. The number of halogens is 3. The molecule has 0 atom stereocenters. The Kier molecular flexibility index (Phi) is 18.1. The van der Waals surface area contributed by atoms with Crippen molar-refractivity contribution in [1.29, 1.82) is 0 Å². The second-order valence-corrected chi connectivity index (χ2v) is 16.2. The van der Waals surface area contributed by atoms with E-state index in [0.717, 1.165) is 115 Å². The summed E-state index contributed by atoms with van der Waals surface area (Å²) in [6, 6.07) is 7.15. The van der Waals surface area contributed by atoms with Crippen molar-refractivity contribution in [3.63, 3.8) is 0 Å². The molecule has 0 saturated carbocycles. The Hall–Kier alpha value is -5.22. The number of hydrogen-bond donors (Lipinski definition) is 2. The van der Waals surface area contributed by atoms with Crippen molar-refractivity contribution < 1.29 is 36.0 Å². The van der Waals surface area contributed by atoms with Crippen molar-refractivity contribution in [2.24, 2.45) is 0 Å². The molecule has 0 aliphatic carbocycles. The van der Waals surface area contributed by atoms with Gasteiger partial charge in [0, 0.05) is 36.8 Å². The molecule has 0 radical (unpaired) electrons. The van der Waals surface area contributed by atoms with Gasteiger partial charge in [0.2, 0.25) is 0 Å². The molecule has 0 bridgehead atoms. The third-order valence-electron chi connectivity index (χ3n) is 10.1. The van der Waals surface area contributed by atoms with Crippen molar-refractivity contribution in [3.05, 3.63) is 74.3 Å². The second kappa shape index (κ2) is 22.2. The average molecular weight is 827 g/mol. The molecule has 0 aliphatic rings. The Balaban J connectivity index is 0.000000324. The topological polar surface area (TPSA) is 83.8 Å². The molecule has 0 unspecified atom stereocenters. The first-order valence-corrected chi connectivity index (χ1v) is 21.9. The fourth-order valence-corrected chi connectivity index (χ4v) is 6.73. The van der Waals surface area contributed by atoms with Gasteiger partial charge < -0.3 is 14.4 Å². The SMILES string of the molecule is CCCCC#Cc1cc2c(C)c(O)c(C#CCCCC)cc2c(C)c1O.CCCCC#Cc1cc2c(C)c(OS(=O)(=O)C(F)(F)F)c(C#CCCCC)cc2c(C)c1C. The lowest BCUT2D eigenvalue weighted by Crippen LogP contribution is -2.28. The van der Waals surface area contributed by atoms with Gasteiger partial charge in [0.15, 0.2) is 5.75 Å². The van der Waals surface area contributed by atoms with Gasteiger partial charge in [-0.05, 0) is 128 Å². The van der Waals surface area contributed by atoms with Gasteiger partial charge in [-0.1, -0.05) is 101 Å². The Morgan fingerprint density at radius 1 is 0.508 bits per heavy atom. The van der Waals surface area contributed by atoms with Crippen LogP contribution in [0, 0.1) is 82.0 Å². The van der Waals surface area contributed by atoms with Gasteiger partial charge in [0.1, 0.15) is 11.5 Å². The second-order valence-electron chi connectivity index (χ2n) is 14.6. The fraction of sp³-hybridized carbons (Fsp3) is 0.440. The van der Waals surface area contributed by atoms with Gasteiger partial charge in [-0.2, -0.15) is 21.6 Å². The van der Waals surface area contributed by atoms with Gasteiger partial charge >= 0.3 is 15.6 Å². The first kappa shape index (κ1) is 48.2. The number of aryl methyl sites for hydroxylation is 4. The summed E-state index contributed by atoms with van der Waals surface area (Å²) in [5.41, 5.74) is 0.290. The van der Waals surface area contributed by atoms with Crippen LogP contribution in [-0.4, -0.2) is 24.1 Å². The van der Waals surface area contributed by atoms with Gasteiger partial charge in [0.05, 0.1) is 16.7 Å². The lowest BCUT2D eigenvalue weighted by Gasteiger charge is -2.17. The van der Waals surface area contributed by atoms with E-state index in [-0.39, 0.29) is 22.6 Å². The number of rotatable bonds is 10. The number of hydrogen-bond acceptors (Lipinski definition) is 5. The van der Waals surface area contributed by atoms with Crippen molar-refractivity contribution >= 4 is 31.7 Å². The van der Waals surface area contributed by atoms with Crippen LogP contribution >= 0.6 is 0 Å². The van der Waals surface area contributed by atoms with Crippen LogP contribution in [0.25, 0.3) is 21.5 Å². The molecule has 0 amide bonds. The maximum absolute atomic E-state index is 13.1. The molecule has 4 aromatic carbocycles. The zero-order valence-electron chi connectivity index (χ0n) is 36.0. The molecule has 9 heteroatoms. The average Bonchev–Trinajstić information content (AvgIpc) is 3.19. The zero-order chi connectivity index (χ0) is 43.9. The summed E-state index contributed by atoms with van der Waals surface area (Å²) < 4.78 is 67.4. The standard InChI is InChI=1S/C26H29F3O3S.C24H28O2/c1-6-8-10-12-14-21-16-24-20(5)25(32-33(30,31)26(27,28)29)22(15-13-11-9-7-2)17-23(24)19(4)18(21)3;1-5-7-9-11-13-19-15-21-18(4)24(26)20(14-12-10-8-6-2)16-22(21)17(3)23(19)25/h16-17H,6-11H2,1-5H3;15-16,25-26H,5-10H2,1-4H3. The lowest BCUT2D eigenvalue weighted by atomic mass is 9.91. The van der Waals surface area contributed by atoms with E-state index >= 15 is 0 Å². The Bertz CT molecular complexity index is 2440. The number of alkyl halides is 3. The van der Waals surface area contributed by atoms with Crippen molar-refractivity contribution in [3.8, 4) is 64.6 Å². The number of benzene rings is 4. The molecule has 5 nitrogen and oxygen atoms in total. The summed E-state index contributed by atoms with van der Waals surface area (Å²) in [5, 5.41) is 24.3. The smallest absolute Gasteiger partial charge is 0.506 e. The van der Waals surface area contributed by atoms with Crippen molar-refractivity contribution in [1.82, 2.24) is 0 Å². The molecule has 2 N–H and O–H groups in total. The molecule has 4 rings (SSSR count). The molecule has 4 aromatic rings. The minimum Gasteiger partial charge on any atom is -0.506 e. The van der Waals surface area contributed by atoms with Crippen LogP contribution < -0.4 is 4.18 Å². The highest BCUT2D eigenvalue weighted by molar-refractivity contribution is 7.88. The van der Waals surface area contributed by atoms with Crippen LogP contribution in [0.5, 0.6) is 17.2 Å². The summed E-state index contributed by atoms with van der Waals surface area (Å²) in [5.74, 6) is 24.5. The van der Waals surface area contributed by atoms with Gasteiger partial charge in [0.25, 0.3) is 0 Å². The van der Waals surface area contributed by atoms with Crippen LogP contribution in [0.2, 0.25) is 0 Å². The lowest BCUT2D eigenvalue weighted by molar-refractivity contribution is -0.0500. The van der Waals surface area contributed by atoms with E-state index in [0.29, 0.717) is 22.9 Å². The fourth-order valence-electron chi connectivity index (χ4n) is 6.20. The van der Waals surface area contributed by atoms with Crippen molar-refractivity contribution in [2.75, 3.05) is 0 Å². The molecule has 314 valence electrons. The third-order valence-corrected chi connectivity index (χ3v) is 11.1. The molecule has 0 aromatic heterocycles. The van der Waals surface area contributed by atoms with E-state index in [4.69, 9.17) is 0 Å². The predicted molar refractivity (Wildman–Crippen MR) is 236 cm³/mol. The highest BCUT2D eigenvalue weighted by atomic mass is 32.2. The van der Waals surface area contributed by atoms with E-state index in [1.807, 2.05) is 46.8 Å². The van der Waals surface area contributed by atoms with Crippen molar-refractivity contribution in [2.45, 2.75) is 145 Å². The predicted octanol–water partition coefficient (Wildman–Crippen LogP) is 13.0. The normalized spacial score (nSPS) is 10.9. The van der Waals surface area contributed by atoms with Gasteiger partial charge in [-0.15, -0.1) is 0 Å². The molecule has 59 heavy (non-hydrogen) atoms. The number of unbranched alkanes of at least 4 members (excludes halogenated alkanes) is 8. The summed E-state index contributed by atoms with van der Waals surface area (Å²) in [7, 11) is -5.84. The quantitative estimate of drug-likeness (QED) is 0.0720. The van der Waals surface area contributed by atoms with E-state index in [1.54, 1.807) is 19.1 Å². The number of phenolic OH excluding ortho intramolecular Hbond substituents is 2. The van der Waals surface area contributed by atoms with Gasteiger partial charge in [-0.3, -0.25) is 0 Å². The zero-order valence-corrected chi connectivity index (χ0v) is 36.8. The van der Waals surface area contributed by atoms with Crippen LogP contribution in [0.4, 0.5) is 13.2 Å². The van der Waals surface area contributed by atoms with Crippen LogP contribution in [-0.2, 0) is 10.1 Å². The maximum Gasteiger partial charge on any atom is 0.534 e. The van der Waals surface area contributed by atoms with Crippen LogP contribution in [0.3, 0.4) is 0 Å². The summed E-state index contributed by atoms with van der Waals surface area (Å²) >= 11 is 0. The minimum absolute atomic E-state index is 0.119. The first-order chi connectivity index (χ1) is 27.9. The largest absolute Gasteiger partial charge is 0.534 e. The summed E-state index contributed by atoms with van der Waals surface area (Å²) in [6.07, 6.45) is 11.0. The van der Waals surface area contributed by atoms with Gasteiger partial charge in [-0.25, -0.2) is 0 Å². The summed E-state index contributed by atoms with van der Waals surface area (Å²) in [4.78, 5) is 0. The minimum atomic E-state index is -5.84. The Morgan fingerprint density at radius 3 is 1.22 bits per heavy atom. The highest BCUT2D eigenvalue weighted by Gasteiger charge is 2.49. The number of aromatic hydroxyl groups is 2. The van der Waals surface area contributed by atoms with E-state index in [1.165, 1.54) is 0 Å². The summed E-state index contributed by atoms with van der Waals surface area (Å²) in [6.45, 7) is 17.5. The number of fused-ring (bicyclic) bond motifs is 2. The van der Waals surface area contributed by atoms with E-state index < -0.39 is 21.4 Å². The van der Waals surface area contributed by atoms with Crippen LogP contribution in [0.1, 0.15) is 155 Å². The molecule has 0 heterocycles. The maximum atomic E-state index is 13.1. The molecule has 0 spiro atoms. The first-order valence-electron chi connectivity index (χ1n) is 20.5.